The molecular weight excluding hydrogens is 755 g/mol. The summed E-state index contributed by atoms with van der Waals surface area (Å²) in [4.78, 5) is 2.45. The maximum atomic E-state index is 2.47. The molecule has 1 aromatic heterocycles. The molecule has 11 aromatic rings. The number of fused-ring (bicyclic) bond motifs is 7. The van der Waals surface area contributed by atoms with Gasteiger partial charge in [0.2, 0.25) is 0 Å². The standard InChI is InChI=1S/C59H39NS/c1-3-19-44(20-4-1)59(45-21-5-2-6-22-45)55-27-11-9-24-51(55)52-35-33-48(39-56(52)59)60(47-34-36-58-54(38-47)53-25-10-12-28-57(53)61-58)46-31-29-40(30-32-46)42-17-13-18-43(37-42)50-26-14-16-41-15-7-8-23-49(41)50/h1-39H. The molecule has 12 rings (SSSR count). The van der Waals surface area contributed by atoms with Gasteiger partial charge in [-0.3, -0.25) is 0 Å². The molecular formula is C59H39NS. The Morgan fingerprint density at radius 3 is 1.70 bits per heavy atom. The summed E-state index contributed by atoms with van der Waals surface area (Å²) in [7, 11) is 0. The van der Waals surface area contributed by atoms with Crippen LogP contribution in [0.5, 0.6) is 0 Å². The van der Waals surface area contributed by atoms with Crippen molar-refractivity contribution in [2.45, 2.75) is 5.41 Å². The molecule has 2 heteroatoms. The van der Waals surface area contributed by atoms with Gasteiger partial charge in [0.15, 0.2) is 0 Å². The Bertz CT molecular complexity index is 3370. The molecule has 1 nitrogen and oxygen atoms in total. The number of benzene rings is 10. The third-order valence-corrected chi connectivity index (χ3v) is 13.9. The minimum atomic E-state index is -0.497. The van der Waals surface area contributed by atoms with Crippen molar-refractivity contribution >= 4 is 59.3 Å². The van der Waals surface area contributed by atoms with Crippen LogP contribution in [-0.2, 0) is 5.41 Å². The fraction of sp³-hybridized carbons (Fsp3) is 0.0169. The Morgan fingerprint density at radius 1 is 0.311 bits per heavy atom. The zero-order chi connectivity index (χ0) is 40.3. The summed E-state index contributed by atoms with van der Waals surface area (Å²) in [5.74, 6) is 0. The Balaban J connectivity index is 1.04. The fourth-order valence-electron chi connectivity index (χ4n) is 10.0. The first-order chi connectivity index (χ1) is 30.2. The smallest absolute Gasteiger partial charge is 0.0714 e. The maximum Gasteiger partial charge on any atom is 0.0714 e. The molecule has 286 valence electrons. The highest BCUT2D eigenvalue weighted by Crippen LogP contribution is 2.57. The molecule has 10 aromatic carbocycles. The molecule has 0 amide bonds. The van der Waals surface area contributed by atoms with E-state index >= 15 is 0 Å². The van der Waals surface area contributed by atoms with Gasteiger partial charge in [-0.15, -0.1) is 11.3 Å². The minimum Gasteiger partial charge on any atom is -0.310 e. The monoisotopic (exact) mass is 793 g/mol. The predicted octanol–water partition coefficient (Wildman–Crippen LogP) is 16.4. The van der Waals surface area contributed by atoms with E-state index in [0.29, 0.717) is 0 Å². The van der Waals surface area contributed by atoms with Gasteiger partial charge in [-0.05, 0) is 121 Å². The van der Waals surface area contributed by atoms with Crippen LogP contribution < -0.4 is 4.90 Å². The second-order valence-electron chi connectivity index (χ2n) is 16.0. The van der Waals surface area contributed by atoms with E-state index in [2.05, 4.69) is 241 Å². The molecule has 0 unspecified atom stereocenters. The molecule has 0 N–H and O–H groups in total. The second-order valence-corrected chi connectivity index (χ2v) is 17.1. The molecule has 0 atom stereocenters. The van der Waals surface area contributed by atoms with Gasteiger partial charge in [0.1, 0.15) is 0 Å². The third-order valence-electron chi connectivity index (χ3n) is 12.7. The number of hydrogen-bond donors (Lipinski definition) is 0. The normalized spacial score (nSPS) is 12.7. The number of nitrogens with zero attached hydrogens (tertiary/aromatic N) is 1. The van der Waals surface area contributed by atoms with Crippen molar-refractivity contribution in [1.82, 2.24) is 0 Å². The molecule has 0 fully saturated rings. The van der Waals surface area contributed by atoms with Gasteiger partial charge >= 0.3 is 0 Å². The summed E-state index contributed by atoms with van der Waals surface area (Å²) in [6.45, 7) is 0. The van der Waals surface area contributed by atoms with E-state index in [-0.39, 0.29) is 0 Å². The van der Waals surface area contributed by atoms with Gasteiger partial charge in [-0.25, -0.2) is 0 Å². The Kier molecular flexibility index (Phi) is 8.33. The van der Waals surface area contributed by atoms with Crippen LogP contribution in [0.2, 0.25) is 0 Å². The maximum absolute atomic E-state index is 2.47. The highest BCUT2D eigenvalue weighted by molar-refractivity contribution is 7.25. The molecule has 61 heavy (non-hydrogen) atoms. The molecule has 0 aliphatic heterocycles. The van der Waals surface area contributed by atoms with Crippen LogP contribution in [-0.4, -0.2) is 0 Å². The van der Waals surface area contributed by atoms with E-state index in [9.17, 15) is 0 Å². The van der Waals surface area contributed by atoms with Crippen molar-refractivity contribution < 1.29 is 0 Å². The molecule has 0 saturated heterocycles. The van der Waals surface area contributed by atoms with Crippen molar-refractivity contribution in [2.24, 2.45) is 0 Å². The van der Waals surface area contributed by atoms with Crippen LogP contribution >= 0.6 is 11.3 Å². The lowest BCUT2D eigenvalue weighted by atomic mass is 9.67. The second kappa shape index (κ2) is 14.3. The van der Waals surface area contributed by atoms with Crippen molar-refractivity contribution in [3.63, 3.8) is 0 Å². The zero-order valence-corrected chi connectivity index (χ0v) is 34.2. The van der Waals surface area contributed by atoms with Crippen LogP contribution in [0.15, 0.2) is 237 Å². The molecule has 0 spiro atoms. The van der Waals surface area contributed by atoms with Crippen LogP contribution in [0.4, 0.5) is 17.1 Å². The van der Waals surface area contributed by atoms with E-state index in [0.717, 1.165) is 17.1 Å². The molecule has 0 bridgehead atoms. The first-order valence-corrected chi connectivity index (χ1v) is 21.8. The fourth-order valence-corrected chi connectivity index (χ4v) is 11.1. The number of thiophene rings is 1. The van der Waals surface area contributed by atoms with Crippen molar-refractivity contribution in [3.05, 3.63) is 259 Å². The third kappa shape index (κ3) is 5.68. The molecule has 1 aliphatic carbocycles. The zero-order valence-electron chi connectivity index (χ0n) is 33.4. The number of hydrogen-bond acceptors (Lipinski definition) is 2. The highest BCUT2D eigenvalue weighted by atomic mass is 32.1. The van der Waals surface area contributed by atoms with E-state index in [4.69, 9.17) is 0 Å². The quantitative estimate of drug-likeness (QED) is 0.155. The lowest BCUT2D eigenvalue weighted by Gasteiger charge is -2.35. The predicted molar refractivity (Wildman–Crippen MR) is 260 cm³/mol. The summed E-state index contributed by atoms with van der Waals surface area (Å²) >= 11 is 1.86. The SMILES string of the molecule is c1ccc(C2(c3ccccc3)c3ccccc3-c3ccc(N(c4ccc(-c5cccc(-c6cccc7ccccc67)c5)cc4)c4ccc5sc6ccccc6c5c4)cc32)cc1. The Morgan fingerprint density at radius 2 is 0.885 bits per heavy atom. The Labute approximate surface area is 360 Å². The molecule has 0 saturated carbocycles. The summed E-state index contributed by atoms with van der Waals surface area (Å²) in [6.07, 6.45) is 0. The van der Waals surface area contributed by atoms with E-state index in [1.807, 2.05) is 11.3 Å². The summed E-state index contributed by atoms with van der Waals surface area (Å²) < 4.78 is 2.60. The van der Waals surface area contributed by atoms with Crippen molar-refractivity contribution in [1.29, 1.82) is 0 Å². The highest BCUT2D eigenvalue weighted by Gasteiger charge is 2.46. The van der Waals surface area contributed by atoms with Gasteiger partial charge in [0.05, 0.1) is 5.41 Å². The summed E-state index contributed by atoms with van der Waals surface area (Å²) in [6, 6.07) is 87.4. The van der Waals surface area contributed by atoms with Gasteiger partial charge < -0.3 is 4.90 Å². The van der Waals surface area contributed by atoms with Gasteiger partial charge in [0, 0.05) is 37.2 Å². The van der Waals surface area contributed by atoms with Crippen LogP contribution in [0, 0.1) is 0 Å². The van der Waals surface area contributed by atoms with E-state index in [1.165, 1.54) is 86.6 Å². The minimum absolute atomic E-state index is 0.497. The number of rotatable bonds is 7. The van der Waals surface area contributed by atoms with Crippen LogP contribution in [0.1, 0.15) is 22.3 Å². The lowest BCUT2D eigenvalue weighted by molar-refractivity contribution is 0.768. The molecule has 0 radical (unpaired) electrons. The van der Waals surface area contributed by atoms with Crippen LogP contribution in [0.3, 0.4) is 0 Å². The molecule has 1 aliphatic rings. The van der Waals surface area contributed by atoms with Gasteiger partial charge in [-0.1, -0.05) is 182 Å². The molecule has 1 heterocycles. The average molecular weight is 794 g/mol. The summed E-state index contributed by atoms with van der Waals surface area (Å²) in [5, 5.41) is 5.09. The van der Waals surface area contributed by atoms with E-state index < -0.39 is 5.41 Å². The van der Waals surface area contributed by atoms with Gasteiger partial charge in [-0.2, -0.15) is 0 Å². The van der Waals surface area contributed by atoms with Crippen molar-refractivity contribution in [2.75, 3.05) is 4.90 Å². The summed E-state index contributed by atoms with van der Waals surface area (Å²) in [5.41, 5.74) is 15.4. The first kappa shape index (κ1) is 35.4. The van der Waals surface area contributed by atoms with Crippen molar-refractivity contribution in [3.8, 4) is 33.4 Å². The number of anilines is 3. The lowest BCUT2D eigenvalue weighted by Crippen LogP contribution is -2.28. The largest absolute Gasteiger partial charge is 0.310 e. The first-order valence-electron chi connectivity index (χ1n) is 21.0. The van der Waals surface area contributed by atoms with E-state index in [1.54, 1.807) is 0 Å². The topological polar surface area (TPSA) is 3.24 Å². The Hall–Kier alpha value is -7.52. The van der Waals surface area contributed by atoms with Gasteiger partial charge in [0.25, 0.3) is 0 Å². The van der Waals surface area contributed by atoms with Crippen LogP contribution in [0.25, 0.3) is 64.3 Å². The average Bonchev–Trinajstić information content (AvgIpc) is 3.85.